The van der Waals surface area contributed by atoms with Gasteiger partial charge in [-0.15, -0.1) is 0 Å². The molecule has 3 nitrogen and oxygen atoms in total. The third-order valence-electron chi connectivity index (χ3n) is 3.09. The summed E-state index contributed by atoms with van der Waals surface area (Å²) in [5.41, 5.74) is 1.30. The monoisotopic (exact) mass is 241 g/mol. The molecule has 2 rings (SSSR count). The maximum Gasteiger partial charge on any atom is 0.108 e. The molecular weight excluding hydrogens is 222 g/mol. The first-order chi connectivity index (χ1) is 7.81. The van der Waals surface area contributed by atoms with E-state index < -0.39 is 10.8 Å². The predicted molar refractivity (Wildman–Crippen MR) is 65.9 cm³/mol. The fourth-order valence-electron chi connectivity index (χ4n) is 2.19. The van der Waals surface area contributed by atoms with Crippen LogP contribution in [0.5, 0.6) is 0 Å². The van der Waals surface area contributed by atoms with Crippen LogP contribution in [-0.2, 0) is 17.2 Å². The van der Waals surface area contributed by atoms with Crippen molar-refractivity contribution < 1.29 is 8.63 Å². The minimum Gasteiger partial charge on any atom is -0.469 e. The molecule has 0 saturated carbocycles. The van der Waals surface area contributed by atoms with E-state index in [2.05, 4.69) is 11.4 Å². The molecular formula is C12H19NO2S. The summed E-state index contributed by atoms with van der Waals surface area (Å²) in [6.45, 7) is 2.79. The Labute approximate surface area is 99.1 Å². The van der Waals surface area contributed by atoms with Crippen molar-refractivity contribution in [1.82, 2.24) is 5.32 Å². The van der Waals surface area contributed by atoms with Crippen LogP contribution in [0, 0.1) is 0 Å². The molecule has 0 radical (unpaired) electrons. The third-order valence-corrected chi connectivity index (χ3v) is 4.40. The van der Waals surface area contributed by atoms with Crippen molar-refractivity contribution in [3.63, 3.8) is 0 Å². The van der Waals surface area contributed by atoms with Crippen LogP contribution in [0.4, 0.5) is 0 Å². The lowest BCUT2D eigenvalue weighted by molar-refractivity contribution is 0.418. The molecule has 1 N–H and O–H groups in total. The second-order valence-electron chi connectivity index (χ2n) is 4.13. The summed E-state index contributed by atoms with van der Waals surface area (Å²) in [5, 5.41) is 3.48. The van der Waals surface area contributed by atoms with Gasteiger partial charge in [0, 0.05) is 46.9 Å². The van der Waals surface area contributed by atoms with Gasteiger partial charge < -0.3 is 9.73 Å². The maximum absolute atomic E-state index is 11.3. The second kappa shape index (κ2) is 5.64. The van der Waals surface area contributed by atoms with Crippen LogP contribution in [0.25, 0.3) is 0 Å². The van der Waals surface area contributed by atoms with E-state index in [-0.39, 0.29) is 0 Å². The van der Waals surface area contributed by atoms with E-state index in [4.69, 9.17) is 4.42 Å². The molecule has 1 heterocycles. The largest absolute Gasteiger partial charge is 0.469 e. The highest BCUT2D eigenvalue weighted by molar-refractivity contribution is 7.84. The van der Waals surface area contributed by atoms with Gasteiger partial charge in [0.2, 0.25) is 0 Å². The van der Waals surface area contributed by atoms with Crippen molar-refractivity contribution in [2.24, 2.45) is 0 Å². The normalized spacial score (nSPS) is 21.7. The summed E-state index contributed by atoms with van der Waals surface area (Å²) in [5.74, 6) is 2.63. The molecule has 0 aromatic carbocycles. The molecule has 1 aliphatic rings. The fraction of sp³-hybridized carbons (Fsp3) is 0.667. The molecule has 2 unspecified atom stereocenters. The van der Waals surface area contributed by atoms with Crippen LogP contribution in [0.15, 0.2) is 16.7 Å². The van der Waals surface area contributed by atoms with E-state index in [0.717, 1.165) is 36.7 Å². The van der Waals surface area contributed by atoms with Gasteiger partial charge in [-0.25, -0.2) is 0 Å². The van der Waals surface area contributed by atoms with Gasteiger partial charge in [0.1, 0.15) is 5.76 Å². The Bertz CT molecular complexity index is 362. The number of nitrogens with one attached hydrogen (secondary N) is 1. The van der Waals surface area contributed by atoms with Crippen LogP contribution in [-0.4, -0.2) is 22.3 Å². The first-order valence-corrected chi connectivity index (χ1v) is 7.44. The van der Waals surface area contributed by atoms with E-state index in [1.807, 2.05) is 6.92 Å². The molecule has 0 spiro atoms. The number of aryl methyl sites for hydroxylation is 1. The first kappa shape index (κ1) is 11.9. The van der Waals surface area contributed by atoms with Gasteiger partial charge >= 0.3 is 0 Å². The fourth-order valence-corrected chi connectivity index (χ4v) is 2.82. The summed E-state index contributed by atoms with van der Waals surface area (Å²) in [4.78, 5) is 0. The SMILES string of the molecule is CCS(=O)CCNC1CCCc2occc21. The molecule has 0 fully saturated rings. The van der Waals surface area contributed by atoms with Crippen molar-refractivity contribution in [1.29, 1.82) is 0 Å². The molecule has 0 saturated heterocycles. The van der Waals surface area contributed by atoms with Crippen LogP contribution in [0.1, 0.15) is 37.1 Å². The van der Waals surface area contributed by atoms with Crippen LogP contribution in [0.2, 0.25) is 0 Å². The highest BCUT2D eigenvalue weighted by Gasteiger charge is 2.21. The van der Waals surface area contributed by atoms with Gasteiger partial charge in [-0.3, -0.25) is 4.21 Å². The van der Waals surface area contributed by atoms with Crippen molar-refractivity contribution in [3.8, 4) is 0 Å². The molecule has 1 aromatic rings. The second-order valence-corrected chi connectivity index (χ2v) is 6.00. The predicted octanol–water partition coefficient (Wildman–Crippen LogP) is 2.02. The highest BCUT2D eigenvalue weighted by atomic mass is 32.2. The number of fused-ring (bicyclic) bond motifs is 1. The summed E-state index contributed by atoms with van der Waals surface area (Å²) in [6.07, 6.45) is 5.16. The van der Waals surface area contributed by atoms with E-state index >= 15 is 0 Å². The molecule has 2 atom stereocenters. The van der Waals surface area contributed by atoms with Crippen molar-refractivity contribution in [2.45, 2.75) is 32.2 Å². The lowest BCUT2D eigenvalue weighted by atomic mass is 9.93. The Morgan fingerprint density at radius 3 is 3.31 bits per heavy atom. The van der Waals surface area contributed by atoms with Gasteiger partial charge in [-0.2, -0.15) is 0 Å². The van der Waals surface area contributed by atoms with Gasteiger partial charge in [0.15, 0.2) is 0 Å². The molecule has 1 aromatic heterocycles. The minimum absolute atomic E-state index is 0.399. The zero-order valence-electron chi connectivity index (χ0n) is 9.70. The Morgan fingerprint density at radius 2 is 2.50 bits per heavy atom. The zero-order valence-corrected chi connectivity index (χ0v) is 10.5. The van der Waals surface area contributed by atoms with Crippen molar-refractivity contribution in [3.05, 3.63) is 23.7 Å². The van der Waals surface area contributed by atoms with E-state index in [0.29, 0.717) is 6.04 Å². The molecule has 90 valence electrons. The standard InChI is InChI=1S/C12H19NO2S/c1-2-16(14)9-7-13-11-4-3-5-12-10(11)6-8-15-12/h6,8,11,13H,2-5,7,9H2,1H3. The van der Waals surface area contributed by atoms with Gasteiger partial charge in [0.05, 0.1) is 6.26 Å². The van der Waals surface area contributed by atoms with Crippen LogP contribution in [0.3, 0.4) is 0 Å². The lowest BCUT2D eigenvalue weighted by Crippen LogP contribution is -2.28. The number of furan rings is 1. The van der Waals surface area contributed by atoms with E-state index in [9.17, 15) is 4.21 Å². The summed E-state index contributed by atoms with van der Waals surface area (Å²) < 4.78 is 16.7. The summed E-state index contributed by atoms with van der Waals surface area (Å²) in [7, 11) is -0.665. The molecule has 0 aliphatic heterocycles. The Balaban J connectivity index is 1.86. The molecule has 0 amide bonds. The molecule has 4 heteroatoms. The van der Waals surface area contributed by atoms with Crippen LogP contribution < -0.4 is 5.32 Å². The Hall–Kier alpha value is -0.610. The smallest absolute Gasteiger partial charge is 0.108 e. The average Bonchev–Trinajstić information content (AvgIpc) is 2.77. The Kier molecular flexibility index (Phi) is 4.18. The average molecular weight is 241 g/mol. The van der Waals surface area contributed by atoms with Gasteiger partial charge in [-0.05, 0) is 18.9 Å². The number of rotatable bonds is 5. The van der Waals surface area contributed by atoms with Gasteiger partial charge in [0.25, 0.3) is 0 Å². The van der Waals surface area contributed by atoms with Crippen molar-refractivity contribution >= 4 is 10.8 Å². The topological polar surface area (TPSA) is 42.2 Å². The lowest BCUT2D eigenvalue weighted by Gasteiger charge is -2.22. The highest BCUT2D eigenvalue weighted by Crippen LogP contribution is 2.30. The minimum atomic E-state index is -0.665. The zero-order chi connectivity index (χ0) is 11.4. The third kappa shape index (κ3) is 2.74. The number of hydrogen-bond donors (Lipinski definition) is 1. The number of hydrogen-bond acceptors (Lipinski definition) is 3. The Morgan fingerprint density at radius 1 is 1.62 bits per heavy atom. The van der Waals surface area contributed by atoms with E-state index in [1.54, 1.807) is 6.26 Å². The van der Waals surface area contributed by atoms with Crippen LogP contribution >= 0.6 is 0 Å². The first-order valence-electron chi connectivity index (χ1n) is 5.96. The quantitative estimate of drug-likeness (QED) is 0.857. The van der Waals surface area contributed by atoms with E-state index in [1.165, 1.54) is 12.0 Å². The summed E-state index contributed by atoms with van der Waals surface area (Å²) in [6, 6.07) is 2.46. The molecule has 16 heavy (non-hydrogen) atoms. The molecule has 1 aliphatic carbocycles. The van der Waals surface area contributed by atoms with Crippen molar-refractivity contribution in [2.75, 3.05) is 18.1 Å². The van der Waals surface area contributed by atoms with Gasteiger partial charge in [-0.1, -0.05) is 6.92 Å². The summed E-state index contributed by atoms with van der Waals surface area (Å²) >= 11 is 0. The maximum atomic E-state index is 11.3. The molecule has 0 bridgehead atoms.